The maximum atomic E-state index is 13.6. The van der Waals surface area contributed by atoms with Crippen molar-refractivity contribution in [2.24, 2.45) is 5.92 Å². The monoisotopic (exact) mass is 515 g/mol. The van der Waals surface area contributed by atoms with Crippen LogP contribution in [0.3, 0.4) is 0 Å². The number of hydroxylamine groups is 1. The standard InChI is InChI=1S/C26H21ClF3N3O3/c1-31(2)18-11-13-19(14-12-18)32-24(34)21-22(15-3-5-16(6-4-15)26(28,29)30)33(36-23(21)25(32)35)20-9-7-17(27)8-10-20/h3-14,21-23H,1-2H3/t21-,22+,23+/m0/s1. The van der Waals surface area contributed by atoms with E-state index < -0.39 is 41.6 Å². The smallest absolute Gasteiger partial charge is 0.378 e. The van der Waals surface area contributed by atoms with E-state index in [1.807, 2.05) is 19.0 Å². The van der Waals surface area contributed by atoms with Crippen LogP contribution in [0, 0.1) is 5.92 Å². The van der Waals surface area contributed by atoms with Gasteiger partial charge in [-0.3, -0.25) is 14.4 Å². The normalized spacial score (nSPS) is 21.8. The minimum atomic E-state index is -4.50. The van der Waals surface area contributed by atoms with Gasteiger partial charge in [-0.2, -0.15) is 13.2 Å². The fraction of sp³-hybridized carbons (Fsp3) is 0.231. The number of alkyl halides is 3. The Balaban J connectivity index is 1.54. The molecule has 2 aliphatic heterocycles. The predicted octanol–water partition coefficient (Wildman–Crippen LogP) is 5.48. The molecular weight excluding hydrogens is 495 g/mol. The molecule has 0 aromatic heterocycles. The summed E-state index contributed by atoms with van der Waals surface area (Å²) in [5.74, 6) is -1.97. The van der Waals surface area contributed by atoms with Crippen molar-refractivity contribution in [1.29, 1.82) is 0 Å². The summed E-state index contributed by atoms with van der Waals surface area (Å²) in [6.07, 6.45) is -5.63. The van der Waals surface area contributed by atoms with Crippen LogP contribution in [-0.2, 0) is 20.6 Å². The Morgan fingerprint density at radius 3 is 1.97 bits per heavy atom. The number of carbonyl (C=O) groups is 2. The summed E-state index contributed by atoms with van der Waals surface area (Å²) in [6, 6.07) is 17.2. The lowest BCUT2D eigenvalue weighted by Crippen LogP contribution is -2.37. The minimum absolute atomic E-state index is 0.401. The molecular formula is C26H21ClF3N3O3. The summed E-state index contributed by atoms with van der Waals surface area (Å²) in [5, 5.41) is 1.89. The maximum absolute atomic E-state index is 13.6. The average molecular weight is 516 g/mol. The van der Waals surface area contributed by atoms with Gasteiger partial charge in [0.1, 0.15) is 5.92 Å². The van der Waals surface area contributed by atoms with Crippen LogP contribution in [0.5, 0.6) is 0 Å². The second-order valence-corrected chi connectivity index (χ2v) is 9.28. The highest BCUT2D eigenvalue weighted by molar-refractivity contribution is 6.30. The van der Waals surface area contributed by atoms with Gasteiger partial charge in [0.2, 0.25) is 5.91 Å². The highest BCUT2D eigenvalue weighted by atomic mass is 35.5. The number of imide groups is 1. The summed E-state index contributed by atoms with van der Waals surface area (Å²) in [7, 11) is 3.75. The van der Waals surface area contributed by atoms with Crippen molar-refractivity contribution >= 4 is 40.5 Å². The largest absolute Gasteiger partial charge is 0.416 e. The molecule has 2 saturated heterocycles. The molecule has 6 nitrogen and oxygen atoms in total. The van der Waals surface area contributed by atoms with E-state index in [2.05, 4.69) is 0 Å². The summed E-state index contributed by atoms with van der Waals surface area (Å²) < 4.78 is 39.5. The zero-order valence-corrected chi connectivity index (χ0v) is 20.0. The molecule has 0 aliphatic carbocycles. The van der Waals surface area contributed by atoms with Gasteiger partial charge in [0.05, 0.1) is 23.0 Å². The van der Waals surface area contributed by atoms with Crippen LogP contribution in [0.2, 0.25) is 5.02 Å². The second-order valence-electron chi connectivity index (χ2n) is 8.84. The van der Waals surface area contributed by atoms with Crippen LogP contribution >= 0.6 is 11.6 Å². The molecule has 36 heavy (non-hydrogen) atoms. The van der Waals surface area contributed by atoms with Crippen LogP contribution in [0.15, 0.2) is 72.8 Å². The van der Waals surface area contributed by atoms with Crippen LogP contribution in [0.4, 0.5) is 30.2 Å². The van der Waals surface area contributed by atoms with Crippen molar-refractivity contribution in [2.45, 2.75) is 18.3 Å². The Hall–Kier alpha value is -3.56. The third-order valence-electron chi connectivity index (χ3n) is 6.40. The number of nitrogens with zero attached hydrogens (tertiary/aromatic N) is 3. The number of hydrogen-bond acceptors (Lipinski definition) is 5. The first-order valence-corrected chi connectivity index (χ1v) is 11.5. The van der Waals surface area contributed by atoms with Crippen molar-refractivity contribution in [3.63, 3.8) is 0 Å². The third-order valence-corrected chi connectivity index (χ3v) is 6.65. The molecule has 2 heterocycles. The molecule has 3 atom stereocenters. The van der Waals surface area contributed by atoms with Crippen molar-refractivity contribution in [2.75, 3.05) is 29.0 Å². The lowest BCUT2D eigenvalue weighted by atomic mass is 9.90. The van der Waals surface area contributed by atoms with Crippen molar-refractivity contribution in [3.05, 3.63) is 88.9 Å². The van der Waals surface area contributed by atoms with Crippen LogP contribution < -0.4 is 14.9 Å². The molecule has 2 amide bonds. The number of halogens is 4. The van der Waals surface area contributed by atoms with Gasteiger partial charge in [-0.05, 0) is 66.2 Å². The highest BCUT2D eigenvalue weighted by Crippen LogP contribution is 2.48. The molecule has 2 aliphatic rings. The fourth-order valence-electron chi connectivity index (χ4n) is 4.59. The number of hydrogen-bond donors (Lipinski definition) is 0. The molecule has 0 saturated carbocycles. The van der Waals surface area contributed by atoms with E-state index in [-0.39, 0.29) is 0 Å². The summed E-state index contributed by atoms with van der Waals surface area (Å²) in [6.45, 7) is 0. The molecule has 0 bridgehead atoms. The lowest BCUT2D eigenvalue weighted by Gasteiger charge is -2.29. The Morgan fingerprint density at radius 1 is 0.833 bits per heavy atom. The van der Waals surface area contributed by atoms with E-state index >= 15 is 0 Å². The molecule has 0 spiro atoms. The number of fused-ring (bicyclic) bond motifs is 1. The molecule has 5 rings (SSSR count). The second kappa shape index (κ2) is 8.83. The first kappa shape index (κ1) is 24.1. The third kappa shape index (κ3) is 4.08. The average Bonchev–Trinajstić information content (AvgIpc) is 3.35. The minimum Gasteiger partial charge on any atom is -0.378 e. The van der Waals surface area contributed by atoms with Gasteiger partial charge in [-0.15, -0.1) is 0 Å². The number of benzene rings is 3. The lowest BCUT2D eigenvalue weighted by molar-refractivity contribution is -0.137. The quantitative estimate of drug-likeness (QED) is 0.431. The molecule has 3 aromatic carbocycles. The Morgan fingerprint density at radius 2 is 1.42 bits per heavy atom. The summed E-state index contributed by atoms with van der Waals surface area (Å²) in [5.41, 5.74) is 1.41. The van der Waals surface area contributed by atoms with Gasteiger partial charge >= 0.3 is 6.18 Å². The number of anilines is 3. The SMILES string of the molecule is CN(C)c1ccc(N2C(=O)[C@H]3[C@@H](c4ccc(C(F)(F)F)cc4)N(c4ccc(Cl)cc4)O[C@H]3C2=O)cc1. The zero-order valence-electron chi connectivity index (χ0n) is 19.2. The molecule has 0 unspecified atom stereocenters. The number of carbonyl (C=O) groups excluding carboxylic acids is 2. The van der Waals surface area contributed by atoms with Gasteiger partial charge < -0.3 is 4.90 Å². The van der Waals surface area contributed by atoms with Crippen molar-refractivity contribution in [1.82, 2.24) is 0 Å². The van der Waals surface area contributed by atoms with E-state index in [4.69, 9.17) is 16.4 Å². The van der Waals surface area contributed by atoms with Gasteiger partial charge in [0.15, 0.2) is 6.10 Å². The van der Waals surface area contributed by atoms with Crippen LogP contribution in [-0.4, -0.2) is 32.0 Å². The van der Waals surface area contributed by atoms with Gasteiger partial charge in [0.25, 0.3) is 5.91 Å². The molecule has 186 valence electrons. The van der Waals surface area contributed by atoms with Crippen LogP contribution in [0.1, 0.15) is 17.2 Å². The van der Waals surface area contributed by atoms with E-state index in [9.17, 15) is 22.8 Å². The van der Waals surface area contributed by atoms with Gasteiger partial charge in [-0.25, -0.2) is 9.96 Å². The fourth-order valence-corrected chi connectivity index (χ4v) is 4.71. The van der Waals surface area contributed by atoms with E-state index in [0.717, 1.165) is 22.7 Å². The predicted molar refractivity (Wildman–Crippen MR) is 130 cm³/mol. The Labute approximate surface area is 210 Å². The van der Waals surface area contributed by atoms with E-state index in [1.165, 1.54) is 17.2 Å². The Kier molecular flexibility index (Phi) is 5.92. The topological polar surface area (TPSA) is 53.1 Å². The number of amides is 2. The number of rotatable bonds is 4. The highest BCUT2D eigenvalue weighted by Gasteiger charge is 2.60. The van der Waals surface area contributed by atoms with Gasteiger partial charge in [-0.1, -0.05) is 23.7 Å². The maximum Gasteiger partial charge on any atom is 0.416 e. The summed E-state index contributed by atoms with van der Waals surface area (Å²) in [4.78, 5) is 36.0. The first-order valence-electron chi connectivity index (χ1n) is 11.1. The molecule has 0 N–H and O–H groups in total. The van der Waals surface area contributed by atoms with Crippen molar-refractivity contribution in [3.8, 4) is 0 Å². The van der Waals surface area contributed by atoms with Crippen molar-refractivity contribution < 1.29 is 27.6 Å². The molecule has 2 fully saturated rings. The molecule has 10 heteroatoms. The van der Waals surface area contributed by atoms with E-state index in [0.29, 0.717) is 22.0 Å². The Bertz CT molecular complexity index is 1300. The summed E-state index contributed by atoms with van der Waals surface area (Å²) >= 11 is 6.01. The van der Waals surface area contributed by atoms with E-state index in [1.54, 1.807) is 48.5 Å². The molecule has 3 aromatic rings. The van der Waals surface area contributed by atoms with Crippen LogP contribution in [0.25, 0.3) is 0 Å². The zero-order chi connectivity index (χ0) is 25.8. The molecule has 0 radical (unpaired) electrons. The van der Waals surface area contributed by atoms with Gasteiger partial charge in [0, 0.05) is 24.8 Å². The first-order chi connectivity index (χ1) is 17.1.